The number of nitrogens with one attached hydrogen (secondary N) is 2. The average molecular weight is 307 g/mol. The molecule has 0 radical (unpaired) electrons. The van der Waals surface area contributed by atoms with Gasteiger partial charge in [-0.1, -0.05) is 23.7 Å². The highest BCUT2D eigenvalue weighted by Crippen LogP contribution is 2.25. The molecule has 0 spiro atoms. The van der Waals surface area contributed by atoms with E-state index in [1.165, 1.54) is 13.0 Å². The summed E-state index contributed by atoms with van der Waals surface area (Å²) < 4.78 is 13.5. The molecule has 21 heavy (non-hydrogen) atoms. The second-order valence-corrected chi connectivity index (χ2v) is 5.22. The Balaban J connectivity index is 2.04. The first-order chi connectivity index (χ1) is 9.95. The van der Waals surface area contributed by atoms with Gasteiger partial charge in [-0.3, -0.25) is 4.79 Å². The summed E-state index contributed by atoms with van der Waals surface area (Å²) in [4.78, 5) is 11.0. The zero-order valence-corrected chi connectivity index (χ0v) is 12.6. The molecule has 0 aliphatic heterocycles. The van der Waals surface area contributed by atoms with E-state index in [1.807, 2.05) is 12.1 Å². The van der Waals surface area contributed by atoms with Gasteiger partial charge in [-0.25, -0.2) is 4.39 Å². The minimum atomic E-state index is -0.215. The van der Waals surface area contributed by atoms with Crippen LogP contribution in [0.4, 0.5) is 15.8 Å². The average Bonchev–Trinajstić information content (AvgIpc) is 2.42. The van der Waals surface area contributed by atoms with E-state index in [-0.39, 0.29) is 11.7 Å². The van der Waals surface area contributed by atoms with Crippen molar-refractivity contribution in [2.24, 2.45) is 0 Å². The van der Waals surface area contributed by atoms with E-state index in [9.17, 15) is 9.18 Å². The number of carbonyl (C=O) groups excluding carboxylic acids is 1. The van der Waals surface area contributed by atoms with E-state index < -0.39 is 0 Å². The Bertz CT molecular complexity index is 673. The third-order valence-electron chi connectivity index (χ3n) is 3.01. The number of hydrogen-bond donors (Lipinski definition) is 2. The van der Waals surface area contributed by atoms with Gasteiger partial charge >= 0.3 is 0 Å². The van der Waals surface area contributed by atoms with Crippen molar-refractivity contribution in [3.63, 3.8) is 0 Å². The number of benzene rings is 2. The number of rotatable bonds is 4. The van der Waals surface area contributed by atoms with Crippen molar-refractivity contribution in [3.05, 3.63) is 58.4 Å². The smallest absolute Gasteiger partial charge is 0.221 e. The highest BCUT2D eigenvalue weighted by atomic mass is 35.5. The Hall–Kier alpha value is -2.07. The zero-order chi connectivity index (χ0) is 15.4. The summed E-state index contributed by atoms with van der Waals surface area (Å²) >= 11 is 6.09. The molecule has 0 aromatic heterocycles. The topological polar surface area (TPSA) is 41.1 Å². The minimum absolute atomic E-state index is 0.173. The van der Waals surface area contributed by atoms with Crippen LogP contribution in [0.2, 0.25) is 5.02 Å². The second-order valence-electron chi connectivity index (χ2n) is 4.81. The SMILES string of the molecule is CC(=O)Nc1ccc(NCc2ccc(C)c(F)c2)cc1Cl. The largest absolute Gasteiger partial charge is 0.381 e. The maximum atomic E-state index is 13.5. The molecule has 0 atom stereocenters. The van der Waals surface area contributed by atoms with Gasteiger partial charge in [0, 0.05) is 19.2 Å². The molecule has 0 saturated carbocycles. The highest BCUT2D eigenvalue weighted by Gasteiger charge is 2.04. The molecule has 0 fully saturated rings. The number of carbonyl (C=O) groups is 1. The van der Waals surface area contributed by atoms with Crippen LogP contribution in [0.5, 0.6) is 0 Å². The standard InChI is InChI=1S/C16H16ClFN2O/c1-10-3-4-12(7-15(10)18)9-19-13-5-6-16(14(17)8-13)20-11(2)21/h3-8,19H,9H2,1-2H3,(H,20,21). The second kappa shape index (κ2) is 6.59. The van der Waals surface area contributed by atoms with Crippen molar-refractivity contribution in [2.75, 3.05) is 10.6 Å². The highest BCUT2D eigenvalue weighted by molar-refractivity contribution is 6.34. The number of amides is 1. The fourth-order valence-corrected chi connectivity index (χ4v) is 2.09. The third-order valence-corrected chi connectivity index (χ3v) is 3.33. The van der Waals surface area contributed by atoms with E-state index in [0.717, 1.165) is 11.3 Å². The van der Waals surface area contributed by atoms with Crippen molar-refractivity contribution in [2.45, 2.75) is 20.4 Å². The van der Waals surface area contributed by atoms with Crippen LogP contribution in [-0.2, 0) is 11.3 Å². The molecule has 0 bridgehead atoms. The molecule has 110 valence electrons. The summed E-state index contributed by atoms with van der Waals surface area (Å²) in [5.41, 5.74) is 2.84. The van der Waals surface area contributed by atoms with E-state index in [4.69, 9.17) is 11.6 Å². The molecule has 0 aliphatic carbocycles. The monoisotopic (exact) mass is 306 g/mol. The van der Waals surface area contributed by atoms with Gasteiger partial charge in [0.2, 0.25) is 5.91 Å². The van der Waals surface area contributed by atoms with Crippen LogP contribution in [-0.4, -0.2) is 5.91 Å². The van der Waals surface area contributed by atoms with Crippen molar-refractivity contribution >= 4 is 28.9 Å². The lowest BCUT2D eigenvalue weighted by Gasteiger charge is -2.10. The van der Waals surface area contributed by atoms with Gasteiger partial charge in [0.15, 0.2) is 0 Å². The molecule has 2 aromatic rings. The fraction of sp³-hybridized carbons (Fsp3) is 0.188. The lowest BCUT2D eigenvalue weighted by Crippen LogP contribution is -2.06. The van der Waals surface area contributed by atoms with Crippen LogP contribution in [0.25, 0.3) is 0 Å². The fourth-order valence-electron chi connectivity index (χ4n) is 1.87. The molecule has 0 unspecified atom stereocenters. The molecule has 0 aliphatic rings. The number of hydrogen-bond acceptors (Lipinski definition) is 2. The summed E-state index contributed by atoms with van der Waals surface area (Å²) in [5.74, 6) is -0.388. The van der Waals surface area contributed by atoms with E-state index in [2.05, 4.69) is 10.6 Å². The Labute approximate surface area is 128 Å². The van der Waals surface area contributed by atoms with Gasteiger partial charge in [0.1, 0.15) is 5.82 Å². The van der Waals surface area contributed by atoms with Gasteiger partial charge < -0.3 is 10.6 Å². The lowest BCUT2D eigenvalue weighted by molar-refractivity contribution is -0.114. The first-order valence-corrected chi connectivity index (χ1v) is 6.89. The summed E-state index contributed by atoms with van der Waals surface area (Å²) in [6.07, 6.45) is 0. The van der Waals surface area contributed by atoms with Gasteiger partial charge in [0.05, 0.1) is 10.7 Å². The maximum absolute atomic E-state index is 13.5. The first kappa shape index (κ1) is 15.3. The van der Waals surface area contributed by atoms with Crippen molar-refractivity contribution in [1.82, 2.24) is 0 Å². The summed E-state index contributed by atoms with van der Waals surface area (Å²) in [5, 5.41) is 6.25. The predicted octanol–water partition coefficient (Wildman–Crippen LogP) is 4.36. The van der Waals surface area contributed by atoms with Gasteiger partial charge in [0.25, 0.3) is 0 Å². The molecular formula is C16H16ClFN2O. The number of anilines is 2. The molecule has 0 saturated heterocycles. The van der Waals surface area contributed by atoms with Crippen LogP contribution in [0.1, 0.15) is 18.1 Å². The van der Waals surface area contributed by atoms with Gasteiger partial charge in [-0.2, -0.15) is 0 Å². The Morgan fingerprint density at radius 1 is 1.24 bits per heavy atom. The van der Waals surface area contributed by atoms with Crippen LogP contribution in [0.3, 0.4) is 0 Å². The van der Waals surface area contributed by atoms with E-state index >= 15 is 0 Å². The number of halogens is 2. The van der Waals surface area contributed by atoms with Crippen LogP contribution in [0, 0.1) is 12.7 Å². The quantitative estimate of drug-likeness (QED) is 0.881. The van der Waals surface area contributed by atoms with Crippen molar-refractivity contribution in [3.8, 4) is 0 Å². The molecule has 0 heterocycles. The first-order valence-electron chi connectivity index (χ1n) is 6.52. The van der Waals surface area contributed by atoms with Gasteiger partial charge in [-0.05, 0) is 42.3 Å². The normalized spacial score (nSPS) is 10.3. The van der Waals surface area contributed by atoms with Crippen LogP contribution >= 0.6 is 11.6 Å². The summed E-state index contributed by atoms with van der Waals surface area (Å²) in [6, 6.07) is 10.4. The molecule has 2 rings (SSSR count). The van der Waals surface area contributed by atoms with E-state index in [1.54, 1.807) is 25.1 Å². The molecule has 3 nitrogen and oxygen atoms in total. The van der Waals surface area contributed by atoms with Gasteiger partial charge in [-0.15, -0.1) is 0 Å². The molecule has 5 heteroatoms. The Kier molecular flexibility index (Phi) is 4.81. The van der Waals surface area contributed by atoms with Crippen LogP contribution in [0.15, 0.2) is 36.4 Å². The molecule has 1 amide bonds. The predicted molar refractivity (Wildman–Crippen MR) is 84.2 cm³/mol. The Morgan fingerprint density at radius 3 is 2.62 bits per heavy atom. The Morgan fingerprint density at radius 2 is 2.00 bits per heavy atom. The maximum Gasteiger partial charge on any atom is 0.221 e. The zero-order valence-electron chi connectivity index (χ0n) is 11.8. The molecule has 2 N–H and O–H groups in total. The molecule has 2 aromatic carbocycles. The van der Waals surface area contributed by atoms with E-state index in [0.29, 0.717) is 22.8 Å². The third kappa shape index (κ3) is 4.20. The van der Waals surface area contributed by atoms with Crippen molar-refractivity contribution < 1.29 is 9.18 Å². The minimum Gasteiger partial charge on any atom is -0.381 e. The molecular weight excluding hydrogens is 291 g/mol. The number of aryl methyl sites for hydroxylation is 1. The van der Waals surface area contributed by atoms with Crippen molar-refractivity contribution in [1.29, 1.82) is 0 Å². The lowest BCUT2D eigenvalue weighted by atomic mass is 10.1. The van der Waals surface area contributed by atoms with Crippen LogP contribution < -0.4 is 10.6 Å². The summed E-state index contributed by atoms with van der Waals surface area (Å²) in [6.45, 7) is 3.65. The summed E-state index contributed by atoms with van der Waals surface area (Å²) in [7, 11) is 0.